The summed E-state index contributed by atoms with van der Waals surface area (Å²) >= 11 is 0. The van der Waals surface area contributed by atoms with Crippen molar-refractivity contribution in [1.29, 1.82) is 0 Å². The van der Waals surface area contributed by atoms with Crippen molar-refractivity contribution in [3.05, 3.63) is 54.6 Å². The summed E-state index contributed by atoms with van der Waals surface area (Å²) in [5.74, 6) is 0.806. The van der Waals surface area contributed by atoms with Crippen molar-refractivity contribution in [3.63, 3.8) is 0 Å². The fourth-order valence-electron chi connectivity index (χ4n) is 3.32. The number of benzene rings is 2. The lowest BCUT2D eigenvalue weighted by Crippen LogP contribution is -2.43. The molecule has 2 atom stereocenters. The van der Waals surface area contributed by atoms with Gasteiger partial charge in [0.15, 0.2) is 0 Å². The summed E-state index contributed by atoms with van der Waals surface area (Å²) in [6.07, 6.45) is 3.32. The minimum absolute atomic E-state index is 0.341. The molecule has 0 radical (unpaired) electrons. The van der Waals surface area contributed by atoms with Crippen LogP contribution in [0.2, 0.25) is 0 Å². The molecule has 1 N–H and O–H groups in total. The standard InChI is InChI=1S/C21H27NO2/c1-17-7-5-6-14-22(17)15-20(23)16-24-21-12-10-19(11-13-21)18-8-3-2-4-9-18/h2-4,8-13,17,20,23H,5-7,14-16H2,1H3/t17-,20+/m0/s1. The number of hydrogen-bond donors (Lipinski definition) is 1. The van der Waals surface area contributed by atoms with Crippen LogP contribution in [0, 0.1) is 0 Å². The molecule has 0 unspecified atom stereocenters. The van der Waals surface area contributed by atoms with E-state index in [9.17, 15) is 5.11 Å². The van der Waals surface area contributed by atoms with Crippen LogP contribution in [-0.2, 0) is 0 Å². The summed E-state index contributed by atoms with van der Waals surface area (Å²) in [6.45, 7) is 4.37. The van der Waals surface area contributed by atoms with Gasteiger partial charge in [0.05, 0.1) is 0 Å². The average molecular weight is 325 g/mol. The Labute approximate surface area is 144 Å². The number of piperidine rings is 1. The second-order valence-corrected chi connectivity index (χ2v) is 6.69. The maximum atomic E-state index is 10.2. The van der Waals surface area contributed by atoms with Crippen LogP contribution in [0.25, 0.3) is 11.1 Å². The summed E-state index contributed by atoms with van der Waals surface area (Å²) in [6, 6.07) is 18.9. The van der Waals surface area contributed by atoms with E-state index in [2.05, 4.69) is 36.1 Å². The highest BCUT2D eigenvalue weighted by Crippen LogP contribution is 2.22. The van der Waals surface area contributed by atoms with Gasteiger partial charge in [-0.25, -0.2) is 0 Å². The highest BCUT2D eigenvalue weighted by molar-refractivity contribution is 5.63. The lowest BCUT2D eigenvalue weighted by Gasteiger charge is -2.34. The summed E-state index contributed by atoms with van der Waals surface area (Å²) in [4.78, 5) is 2.37. The summed E-state index contributed by atoms with van der Waals surface area (Å²) in [5, 5.41) is 10.2. The minimum Gasteiger partial charge on any atom is -0.491 e. The van der Waals surface area contributed by atoms with Gasteiger partial charge in [-0.1, -0.05) is 48.9 Å². The Morgan fingerprint density at radius 1 is 1.04 bits per heavy atom. The van der Waals surface area contributed by atoms with E-state index in [1.54, 1.807) is 0 Å². The third-order valence-corrected chi connectivity index (χ3v) is 4.79. The maximum absolute atomic E-state index is 10.2. The molecule has 0 spiro atoms. The topological polar surface area (TPSA) is 32.7 Å². The second kappa shape index (κ2) is 8.32. The molecular weight excluding hydrogens is 298 g/mol. The number of likely N-dealkylation sites (tertiary alicyclic amines) is 1. The van der Waals surface area contributed by atoms with Crippen LogP contribution < -0.4 is 4.74 Å². The predicted octanol–water partition coefficient (Wildman–Crippen LogP) is 3.97. The number of hydrogen-bond acceptors (Lipinski definition) is 3. The van der Waals surface area contributed by atoms with Crippen molar-refractivity contribution in [2.45, 2.75) is 38.3 Å². The summed E-state index contributed by atoms with van der Waals surface area (Å²) in [7, 11) is 0. The van der Waals surface area contributed by atoms with Gasteiger partial charge in [0.2, 0.25) is 0 Å². The van der Waals surface area contributed by atoms with E-state index in [-0.39, 0.29) is 0 Å². The lowest BCUT2D eigenvalue weighted by atomic mass is 10.0. The Kier molecular flexibility index (Phi) is 5.89. The largest absolute Gasteiger partial charge is 0.491 e. The molecule has 24 heavy (non-hydrogen) atoms. The molecule has 0 amide bonds. The van der Waals surface area contributed by atoms with Gasteiger partial charge in [0, 0.05) is 12.6 Å². The Morgan fingerprint density at radius 2 is 1.75 bits per heavy atom. The van der Waals surface area contributed by atoms with Crippen LogP contribution in [0.4, 0.5) is 0 Å². The van der Waals surface area contributed by atoms with Gasteiger partial charge in [-0.15, -0.1) is 0 Å². The zero-order valence-corrected chi connectivity index (χ0v) is 14.4. The molecule has 2 aromatic rings. The first kappa shape index (κ1) is 17.0. The third-order valence-electron chi connectivity index (χ3n) is 4.79. The Balaban J connectivity index is 1.49. The molecule has 3 nitrogen and oxygen atoms in total. The van der Waals surface area contributed by atoms with Crippen LogP contribution in [0.1, 0.15) is 26.2 Å². The number of aliphatic hydroxyl groups excluding tert-OH is 1. The Morgan fingerprint density at radius 3 is 2.46 bits per heavy atom. The monoisotopic (exact) mass is 325 g/mol. The fourth-order valence-corrected chi connectivity index (χ4v) is 3.32. The van der Waals surface area contributed by atoms with E-state index in [1.807, 2.05) is 30.3 Å². The molecule has 0 saturated carbocycles. The highest BCUT2D eigenvalue weighted by Gasteiger charge is 2.20. The molecule has 1 heterocycles. The van der Waals surface area contributed by atoms with Crippen LogP contribution in [0.15, 0.2) is 54.6 Å². The van der Waals surface area contributed by atoms with Crippen molar-refractivity contribution in [2.24, 2.45) is 0 Å². The SMILES string of the molecule is C[C@H]1CCCCN1C[C@@H](O)COc1ccc(-c2ccccc2)cc1. The van der Waals surface area contributed by atoms with Crippen molar-refractivity contribution in [2.75, 3.05) is 19.7 Å². The fraction of sp³-hybridized carbons (Fsp3) is 0.429. The molecule has 0 aliphatic carbocycles. The first-order valence-electron chi connectivity index (χ1n) is 8.93. The van der Waals surface area contributed by atoms with Gasteiger partial charge < -0.3 is 9.84 Å². The van der Waals surface area contributed by atoms with Gasteiger partial charge in [-0.2, -0.15) is 0 Å². The Bertz CT molecular complexity index is 611. The van der Waals surface area contributed by atoms with Gasteiger partial charge >= 0.3 is 0 Å². The third kappa shape index (κ3) is 4.59. The van der Waals surface area contributed by atoms with Gasteiger partial charge in [-0.05, 0) is 49.6 Å². The molecule has 2 aromatic carbocycles. The molecule has 128 valence electrons. The van der Waals surface area contributed by atoms with Crippen molar-refractivity contribution in [1.82, 2.24) is 4.90 Å². The van der Waals surface area contributed by atoms with E-state index >= 15 is 0 Å². The number of rotatable bonds is 6. The number of ether oxygens (including phenoxy) is 1. The van der Waals surface area contributed by atoms with Crippen LogP contribution in [0.3, 0.4) is 0 Å². The van der Waals surface area contributed by atoms with Gasteiger partial charge in [0.1, 0.15) is 18.5 Å². The zero-order chi connectivity index (χ0) is 16.8. The minimum atomic E-state index is -0.445. The predicted molar refractivity (Wildman–Crippen MR) is 98.3 cm³/mol. The van der Waals surface area contributed by atoms with Crippen LogP contribution in [0.5, 0.6) is 5.75 Å². The lowest BCUT2D eigenvalue weighted by molar-refractivity contribution is 0.0438. The first-order chi connectivity index (χ1) is 11.7. The molecule has 3 heteroatoms. The molecule has 1 fully saturated rings. The zero-order valence-electron chi connectivity index (χ0n) is 14.4. The number of nitrogens with zero attached hydrogens (tertiary/aromatic N) is 1. The first-order valence-corrected chi connectivity index (χ1v) is 8.93. The molecule has 1 saturated heterocycles. The Hall–Kier alpha value is -1.84. The van der Waals surface area contributed by atoms with Crippen LogP contribution in [-0.4, -0.2) is 41.8 Å². The van der Waals surface area contributed by atoms with E-state index in [0.29, 0.717) is 19.2 Å². The van der Waals surface area contributed by atoms with Gasteiger partial charge in [0.25, 0.3) is 0 Å². The van der Waals surface area contributed by atoms with E-state index in [0.717, 1.165) is 12.3 Å². The second-order valence-electron chi connectivity index (χ2n) is 6.69. The molecule has 1 aliphatic rings. The van der Waals surface area contributed by atoms with Crippen molar-refractivity contribution in [3.8, 4) is 16.9 Å². The van der Waals surface area contributed by atoms with E-state index in [1.165, 1.54) is 30.4 Å². The maximum Gasteiger partial charge on any atom is 0.119 e. The number of β-amino-alcohol motifs (C(OH)–C–C–N with tert-alkyl or cyclic N) is 1. The van der Waals surface area contributed by atoms with Crippen molar-refractivity contribution < 1.29 is 9.84 Å². The van der Waals surface area contributed by atoms with Crippen LogP contribution >= 0.6 is 0 Å². The molecule has 1 aliphatic heterocycles. The molecular formula is C21H27NO2. The summed E-state index contributed by atoms with van der Waals surface area (Å²) < 4.78 is 5.76. The molecule has 0 aromatic heterocycles. The molecule has 0 bridgehead atoms. The van der Waals surface area contributed by atoms with Gasteiger partial charge in [-0.3, -0.25) is 4.90 Å². The van der Waals surface area contributed by atoms with E-state index < -0.39 is 6.10 Å². The van der Waals surface area contributed by atoms with E-state index in [4.69, 9.17) is 4.74 Å². The smallest absolute Gasteiger partial charge is 0.119 e. The average Bonchev–Trinajstić information content (AvgIpc) is 2.63. The normalized spacial score (nSPS) is 19.8. The summed E-state index contributed by atoms with van der Waals surface area (Å²) in [5.41, 5.74) is 2.37. The quantitative estimate of drug-likeness (QED) is 0.872. The highest BCUT2D eigenvalue weighted by atomic mass is 16.5. The molecule has 3 rings (SSSR count). The number of aliphatic hydroxyl groups is 1. The van der Waals surface area contributed by atoms with Crippen molar-refractivity contribution >= 4 is 0 Å².